The first-order valence-electron chi connectivity index (χ1n) is 8.25. The predicted octanol–water partition coefficient (Wildman–Crippen LogP) is 2.64. The van der Waals surface area contributed by atoms with Crippen molar-refractivity contribution in [2.45, 2.75) is 47.0 Å². The van der Waals surface area contributed by atoms with E-state index in [0.29, 0.717) is 5.69 Å². The van der Waals surface area contributed by atoms with Gasteiger partial charge in [-0.05, 0) is 38.1 Å². The Labute approximate surface area is 156 Å². The van der Waals surface area contributed by atoms with E-state index in [1.807, 2.05) is 0 Å². The number of anilines is 1. The number of hydrogen-bond donors (Lipinski definition) is 1. The van der Waals surface area contributed by atoms with E-state index in [-0.39, 0.29) is 11.7 Å². The number of benzene rings is 1. The van der Waals surface area contributed by atoms with E-state index in [4.69, 9.17) is 18.9 Å². The highest BCUT2D eigenvalue weighted by molar-refractivity contribution is 5.88. The molecule has 1 amide bonds. The molecule has 0 aromatic heterocycles. The number of amides is 1. The average Bonchev–Trinajstić information content (AvgIpc) is 2.54. The summed E-state index contributed by atoms with van der Waals surface area (Å²) >= 11 is 0. The third-order valence-electron chi connectivity index (χ3n) is 2.82. The molecule has 1 N–H and O–H groups in total. The van der Waals surface area contributed by atoms with Gasteiger partial charge in [0.1, 0.15) is 5.75 Å². The fourth-order valence-corrected chi connectivity index (χ4v) is 1.67. The Bertz CT molecular complexity index is 681. The molecule has 0 saturated carbocycles. The third-order valence-corrected chi connectivity index (χ3v) is 2.82. The lowest BCUT2D eigenvalue weighted by molar-refractivity contribution is -0.197. The Hall–Kier alpha value is -3.10. The van der Waals surface area contributed by atoms with Crippen LogP contribution in [-0.4, -0.2) is 36.4 Å². The molecule has 0 radical (unpaired) electrons. The van der Waals surface area contributed by atoms with Gasteiger partial charge in [-0.25, -0.2) is 9.59 Å². The summed E-state index contributed by atoms with van der Waals surface area (Å²) in [6, 6.07) is 5.84. The Morgan fingerprint density at radius 1 is 0.852 bits per heavy atom. The van der Waals surface area contributed by atoms with Crippen molar-refractivity contribution < 1.29 is 38.1 Å². The van der Waals surface area contributed by atoms with Gasteiger partial charge in [0, 0.05) is 12.6 Å². The largest absolute Gasteiger partial charge is 0.517 e. The zero-order valence-electron chi connectivity index (χ0n) is 15.8. The van der Waals surface area contributed by atoms with Gasteiger partial charge in [-0.3, -0.25) is 9.59 Å². The van der Waals surface area contributed by atoms with Crippen LogP contribution in [0.5, 0.6) is 5.75 Å². The molecule has 1 unspecified atom stereocenters. The van der Waals surface area contributed by atoms with E-state index in [1.165, 1.54) is 31.2 Å². The van der Waals surface area contributed by atoms with Gasteiger partial charge in [0.25, 0.3) is 0 Å². The first-order chi connectivity index (χ1) is 12.6. The summed E-state index contributed by atoms with van der Waals surface area (Å²) in [4.78, 5) is 46.6. The highest BCUT2D eigenvalue weighted by Crippen LogP contribution is 2.17. The highest BCUT2D eigenvalue weighted by Gasteiger charge is 2.31. The van der Waals surface area contributed by atoms with Gasteiger partial charge in [-0.1, -0.05) is 13.8 Å². The topological polar surface area (TPSA) is 117 Å². The van der Waals surface area contributed by atoms with Crippen molar-refractivity contribution in [3.8, 4) is 5.75 Å². The molecule has 148 valence electrons. The van der Waals surface area contributed by atoms with Crippen molar-refractivity contribution in [2.75, 3.05) is 5.32 Å². The highest BCUT2D eigenvalue weighted by atomic mass is 16.8. The summed E-state index contributed by atoms with van der Waals surface area (Å²) in [5.41, 5.74) is 0.507. The number of esters is 2. The molecule has 9 nitrogen and oxygen atoms in total. The molecule has 0 aliphatic carbocycles. The van der Waals surface area contributed by atoms with Gasteiger partial charge in [0.15, 0.2) is 0 Å². The lowest BCUT2D eigenvalue weighted by Gasteiger charge is -2.19. The Morgan fingerprint density at radius 3 is 1.93 bits per heavy atom. The van der Waals surface area contributed by atoms with Crippen LogP contribution in [0.3, 0.4) is 0 Å². The van der Waals surface area contributed by atoms with Crippen LogP contribution in [0.2, 0.25) is 0 Å². The number of nitrogens with one attached hydrogen (secondary N) is 1. The standard InChI is InChI=1S/C18H23NO8/c1-10(2)15(21)26-17(16(22)24-11(3)4)27-18(23)25-14-8-6-13(7-9-14)19-12(5)20/h6-11,17H,1-5H3,(H,19,20). The molecular formula is C18H23NO8. The smallest absolute Gasteiger partial charge is 0.457 e. The second kappa shape index (κ2) is 10.1. The van der Waals surface area contributed by atoms with Crippen LogP contribution >= 0.6 is 0 Å². The molecular weight excluding hydrogens is 358 g/mol. The number of carbonyl (C=O) groups is 4. The maximum absolute atomic E-state index is 12.0. The molecule has 1 atom stereocenters. The van der Waals surface area contributed by atoms with E-state index in [1.54, 1.807) is 27.7 Å². The van der Waals surface area contributed by atoms with Crippen molar-refractivity contribution in [1.29, 1.82) is 0 Å². The van der Waals surface area contributed by atoms with Gasteiger partial charge >= 0.3 is 24.4 Å². The van der Waals surface area contributed by atoms with Crippen LogP contribution in [0.4, 0.5) is 10.5 Å². The van der Waals surface area contributed by atoms with Crippen LogP contribution in [0.15, 0.2) is 24.3 Å². The molecule has 0 aliphatic heterocycles. The molecule has 1 aromatic rings. The molecule has 0 aliphatic rings. The van der Waals surface area contributed by atoms with Crippen molar-refractivity contribution in [1.82, 2.24) is 0 Å². The van der Waals surface area contributed by atoms with Gasteiger partial charge in [0.05, 0.1) is 12.0 Å². The molecule has 9 heteroatoms. The minimum absolute atomic E-state index is 0.0975. The summed E-state index contributed by atoms with van der Waals surface area (Å²) in [7, 11) is 0. The lowest BCUT2D eigenvalue weighted by Crippen LogP contribution is -2.36. The van der Waals surface area contributed by atoms with E-state index >= 15 is 0 Å². The molecule has 0 heterocycles. The number of hydrogen-bond acceptors (Lipinski definition) is 8. The molecule has 1 aromatic carbocycles. The maximum Gasteiger partial charge on any atom is 0.517 e. The third kappa shape index (κ3) is 8.21. The van der Waals surface area contributed by atoms with Crippen molar-refractivity contribution in [3.05, 3.63) is 24.3 Å². The Balaban J connectivity index is 2.75. The van der Waals surface area contributed by atoms with Crippen LogP contribution in [-0.2, 0) is 28.6 Å². The second-order valence-corrected chi connectivity index (χ2v) is 6.08. The molecule has 0 fully saturated rings. The quantitative estimate of drug-likeness (QED) is 0.435. The van der Waals surface area contributed by atoms with Crippen molar-refractivity contribution >= 4 is 29.7 Å². The first kappa shape index (κ1) is 21.9. The van der Waals surface area contributed by atoms with Crippen molar-refractivity contribution in [3.63, 3.8) is 0 Å². The Kier molecular flexibility index (Phi) is 8.25. The van der Waals surface area contributed by atoms with Gasteiger partial charge in [-0.15, -0.1) is 0 Å². The SMILES string of the molecule is CC(=O)Nc1ccc(OC(=O)OC(OC(=O)C(C)C)C(=O)OC(C)C)cc1. The van der Waals surface area contributed by atoms with Crippen LogP contribution in [0.25, 0.3) is 0 Å². The fourth-order valence-electron chi connectivity index (χ4n) is 1.67. The molecule has 0 saturated heterocycles. The van der Waals surface area contributed by atoms with Crippen LogP contribution in [0.1, 0.15) is 34.6 Å². The average molecular weight is 381 g/mol. The first-order valence-corrected chi connectivity index (χ1v) is 8.25. The molecule has 1 rings (SSSR count). The van der Waals surface area contributed by atoms with Crippen molar-refractivity contribution in [2.24, 2.45) is 5.92 Å². The summed E-state index contributed by atoms with van der Waals surface area (Å²) in [5.74, 6) is -2.47. The summed E-state index contributed by atoms with van der Waals surface area (Å²) < 4.78 is 19.5. The summed E-state index contributed by atoms with van der Waals surface area (Å²) in [6.07, 6.45) is -3.64. The van der Waals surface area contributed by atoms with E-state index in [2.05, 4.69) is 5.32 Å². The second-order valence-electron chi connectivity index (χ2n) is 6.08. The zero-order chi connectivity index (χ0) is 20.6. The molecule has 27 heavy (non-hydrogen) atoms. The number of rotatable bonds is 7. The Morgan fingerprint density at radius 2 is 1.44 bits per heavy atom. The zero-order valence-corrected chi connectivity index (χ0v) is 15.8. The van der Waals surface area contributed by atoms with Gasteiger partial charge in [-0.2, -0.15) is 0 Å². The lowest BCUT2D eigenvalue weighted by atomic mass is 10.2. The maximum atomic E-state index is 12.0. The molecule has 0 bridgehead atoms. The molecule has 0 spiro atoms. The van der Waals surface area contributed by atoms with Crippen LogP contribution in [0, 0.1) is 5.92 Å². The minimum Gasteiger partial charge on any atom is -0.457 e. The fraction of sp³-hybridized carbons (Fsp3) is 0.444. The predicted molar refractivity (Wildman–Crippen MR) is 93.8 cm³/mol. The minimum atomic E-state index is -1.88. The van der Waals surface area contributed by atoms with E-state index in [0.717, 1.165) is 0 Å². The van der Waals surface area contributed by atoms with Gasteiger partial charge in [0.2, 0.25) is 5.91 Å². The summed E-state index contributed by atoms with van der Waals surface area (Å²) in [5, 5.41) is 2.55. The number of carbonyl (C=O) groups excluding carboxylic acids is 4. The number of ether oxygens (including phenoxy) is 4. The summed E-state index contributed by atoms with van der Waals surface area (Å²) in [6.45, 7) is 7.66. The van der Waals surface area contributed by atoms with E-state index in [9.17, 15) is 19.2 Å². The monoisotopic (exact) mass is 381 g/mol. The van der Waals surface area contributed by atoms with E-state index < -0.39 is 36.4 Å². The normalized spacial score (nSPS) is 11.5. The van der Waals surface area contributed by atoms with Gasteiger partial charge < -0.3 is 24.3 Å². The van der Waals surface area contributed by atoms with Crippen LogP contribution < -0.4 is 10.1 Å².